The molecule has 0 spiro atoms. The van der Waals surface area contributed by atoms with Gasteiger partial charge in [0.25, 0.3) is 0 Å². The van der Waals surface area contributed by atoms with Crippen LogP contribution >= 0.6 is 23.8 Å². The smallest absolute Gasteiger partial charge is 0.178 e. The van der Waals surface area contributed by atoms with Crippen molar-refractivity contribution >= 4 is 34.9 Å². The second-order valence-corrected chi connectivity index (χ2v) is 6.21. The molecule has 1 aliphatic carbocycles. The molecule has 1 heterocycles. The van der Waals surface area contributed by atoms with Crippen LogP contribution in [0.4, 0.5) is 4.39 Å². The van der Waals surface area contributed by atoms with Gasteiger partial charge in [-0.1, -0.05) is 31.4 Å². The number of hydrogen-bond donors (Lipinski definition) is 1. The lowest BCUT2D eigenvalue weighted by Crippen LogP contribution is -2.21. The SMILES string of the molecule is CC1CCCCC1n1c(=S)[nH]c2cc(Cl)c(F)cc21. The summed E-state index contributed by atoms with van der Waals surface area (Å²) < 4.78 is 16.4. The number of halogens is 2. The third kappa shape index (κ3) is 2.21. The van der Waals surface area contributed by atoms with Gasteiger partial charge in [-0.15, -0.1) is 0 Å². The van der Waals surface area contributed by atoms with E-state index >= 15 is 0 Å². The fourth-order valence-corrected chi connectivity index (χ4v) is 3.64. The first-order chi connectivity index (χ1) is 9.08. The average Bonchev–Trinajstić information content (AvgIpc) is 2.66. The molecular weight excluding hydrogens is 283 g/mol. The third-order valence-electron chi connectivity index (χ3n) is 4.16. The Bertz CT molecular complexity index is 676. The normalized spacial score (nSPS) is 23.9. The molecule has 1 aliphatic rings. The van der Waals surface area contributed by atoms with E-state index in [0.29, 0.717) is 16.7 Å². The van der Waals surface area contributed by atoms with Crippen molar-refractivity contribution in [3.63, 3.8) is 0 Å². The number of hydrogen-bond acceptors (Lipinski definition) is 1. The molecule has 2 aromatic rings. The number of benzene rings is 1. The van der Waals surface area contributed by atoms with Crippen LogP contribution < -0.4 is 0 Å². The van der Waals surface area contributed by atoms with Gasteiger partial charge in [0.05, 0.1) is 16.1 Å². The number of aromatic amines is 1. The largest absolute Gasteiger partial charge is 0.331 e. The highest BCUT2D eigenvalue weighted by Crippen LogP contribution is 2.36. The van der Waals surface area contributed by atoms with Gasteiger partial charge in [-0.05, 0) is 37.0 Å². The minimum atomic E-state index is -0.389. The molecule has 19 heavy (non-hydrogen) atoms. The summed E-state index contributed by atoms with van der Waals surface area (Å²) in [7, 11) is 0. The van der Waals surface area contributed by atoms with E-state index in [1.54, 1.807) is 6.07 Å². The van der Waals surface area contributed by atoms with E-state index in [-0.39, 0.29) is 10.8 Å². The van der Waals surface area contributed by atoms with E-state index in [2.05, 4.69) is 16.5 Å². The average molecular weight is 299 g/mol. The summed E-state index contributed by atoms with van der Waals surface area (Å²) in [5.74, 6) is 0.179. The number of fused-ring (bicyclic) bond motifs is 1. The highest BCUT2D eigenvalue weighted by Gasteiger charge is 2.25. The topological polar surface area (TPSA) is 20.7 Å². The Morgan fingerprint density at radius 3 is 2.84 bits per heavy atom. The molecule has 1 saturated carbocycles. The quantitative estimate of drug-likeness (QED) is 0.714. The molecule has 0 bridgehead atoms. The van der Waals surface area contributed by atoms with Crippen molar-refractivity contribution < 1.29 is 4.39 Å². The lowest BCUT2D eigenvalue weighted by Gasteiger charge is -2.30. The molecule has 0 amide bonds. The Hall–Kier alpha value is -0.870. The lowest BCUT2D eigenvalue weighted by molar-refractivity contribution is 0.260. The van der Waals surface area contributed by atoms with Crippen LogP contribution in [0.2, 0.25) is 5.02 Å². The summed E-state index contributed by atoms with van der Waals surface area (Å²) in [5, 5.41) is 0.132. The van der Waals surface area contributed by atoms with E-state index in [9.17, 15) is 4.39 Å². The van der Waals surface area contributed by atoms with Crippen LogP contribution in [0.15, 0.2) is 12.1 Å². The Morgan fingerprint density at radius 1 is 1.37 bits per heavy atom. The predicted octanol–water partition coefficient (Wildman–Crippen LogP) is 5.24. The van der Waals surface area contributed by atoms with E-state index < -0.39 is 0 Å². The van der Waals surface area contributed by atoms with Crippen LogP contribution in [0.5, 0.6) is 0 Å². The van der Waals surface area contributed by atoms with Crippen LogP contribution in [0, 0.1) is 16.5 Å². The van der Waals surface area contributed by atoms with Gasteiger partial charge in [-0.25, -0.2) is 4.39 Å². The van der Waals surface area contributed by atoms with Crippen molar-refractivity contribution in [2.24, 2.45) is 5.92 Å². The molecule has 3 rings (SSSR count). The summed E-state index contributed by atoms with van der Waals surface area (Å²) in [5.41, 5.74) is 1.64. The summed E-state index contributed by atoms with van der Waals surface area (Å²) in [6.45, 7) is 2.25. The first-order valence-electron chi connectivity index (χ1n) is 6.67. The van der Waals surface area contributed by atoms with Gasteiger partial charge in [-0.2, -0.15) is 0 Å². The van der Waals surface area contributed by atoms with Crippen LogP contribution in [0.3, 0.4) is 0 Å². The highest BCUT2D eigenvalue weighted by molar-refractivity contribution is 7.71. The zero-order chi connectivity index (χ0) is 13.6. The zero-order valence-corrected chi connectivity index (χ0v) is 12.3. The monoisotopic (exact) mass is 298 g/mol. The first kappa shape index (κ1) is 13.1. The summed E-state index contributed by atoms with van der Waals surface area (Å²) in [6, 6.07) is 3.47. The molecule has 0 aliphatic heterocycles. The van der Waals surface area contributed by atoms with Gasteiger partial charge in [0.1, 0.15) is 5.82 Å². The van der Waals surface area contributed by atoms with E-state index in [4.69, 9.17) is 23.8 Å². The van der Waals surface area contributed by atoms with Crippen LogP contribution in [0.25, 0.3) is 11.0 Å². The molecule has 2 atom stereocenters. The molecule has 2 unspecified atom stereocenters. The van der Waals surface area contributed by atoms with Crippen molar-refractivity contribution in [1.82, 2.24) is 9.55 Å². The molecule has 1 N–H and O–H groups in total. The molecule has 1 aromatic carbocycles. The minimum absolute atomic E-state index is 0.132. The van der Waals surface area contributed by atoms with Gasteiger partial charge >= 0.3 is 0 Å². The zero-order valence-electron chi connectivity index (χ0n) is 10.7. The van der Waals surface area contributed by atoms with E-state index in [1.807, 2.05) is 0 Å². The van der Waals surface area contributed by atoms with Crippen LogP contribution in [0.1, 0.15) is 38.6 Å². The summed E-state index contributed by atoms with van der Waals surface area (Å²) >= 11 is 11.2. The third-order valence-corrected chi connectivity index (χ3v) is 4.74. The van der Waals surface area contributed by atoms with Gasteiger partial charge < -0.3 is 9.55 Å². The summed E-state index contributed by atoms with van der Waals surface area (Å²) in [4.78, 5) is 3.14. The molecule has 1 aromatic heterocycles. The molecule has 102 valence electrons. The molecule has 0 saturated heterocycles. The maximum atomic E-state index is 13.7. The molecule has 0 radical (unpaired) electrons. The molecule has 5 heteroatoms. The molecule has 1 fully saturated rings. The van der Waals surface area contributed by atoms with Crippen molar-refractivity contribution in [1.29, 1.82) is 0 Å². The number of nitrogens with one attached hydrogen (secondary N) is 1. The highest BCUT2D eigenvalue weighted by atomic mass is 35.5. The molecular formula is C14H16ClFN2S. The van der Waals surface area contributed by atoms with Crippen molar-refractivity contribution in [3.8, 4) is 0 Å². The van der Waals surface area contributed by atoms with E-state index in [1.165, 1.54) is 25.3 Å². The van der Waals surface area contributed by atoms with Crippen LogP contribution in [-0.2, 0) is 0 Å². The Kier molecular flexibility index (Phi) is 3.39. The van der Waals surface area contributed by atoms with E-state index in [0.717, 1.165) is 17.5 Å². The van der Waals surface area contributed by atoms with Crippen molar-refractivity contribution in [2.75, 3.05) is 0 Å². The number of imidazole rings is 1. The second-order valence-electron chi connectivity index (χ2n) is 5.41. The maximum absolute atomic E-state index is 13.7. The second kappa shape index (κ2) is 4.91. The standard InChI is InChI=1S/C14H16ClFN2S/c1-8-4-2-3-5-12(8)18-13-7-10(16)9(15)6-11(13)17-14(18)19/h6-8,12H,2-5H2,1H3,(H,17,19). The Balaban J connectivity index is 2.19. The van der Waals surface area contributed by atoms with Gasteiger partial charge in [0.15, 0.2) is 4.77 Å². The van der Waals surface area contributed by atoms with Crippen molar-refractivity contribution in [3.05, 3.63) is 27.7 Å². The van der Waals surface area contributed by atoms with Crippen molar-refractivity contribution in [2.45, 2.75) is 38.6 Å². The number of aromatic nitrogens is 2. The van der Waals surface area contributed by atoms with Gasteiger partial charge in [0.2, 0.25) is 0 Å². The number of H-pyrrole nitrogens is 1. The van der Waals surface area contributed by atoms with Gasteiger partial charge in [0, 0.05) is 12.1 Å². The lowest BCUT2D eigenvalue weighted by atomic mass is 9.85. The predicted molar refractivity (Wildman–Crippen MR) is 78.8 cm³/mol. The fraction of sp³-hybridized carbons (Fsp3) is 0.500. The Labute approximate surface area is 121 Å². The first-order valence-corrected chi connectivity index (χ1v) is 7.46. The Morgan fingerprint density at radius 2 is 2.11 bits per heavy atom. The summed E-state index contributed by atoms with van der Waals surface area (Å²) in [6.07, 6.45) is 4.79. The number of rotatable bonds is 1. The molecule has 2 nitrogen and oxygen atoms in total. The van der Waals surface area contributed by atoms with Gasteiger partial charge in [-0.3, -0.25) is 0 Å². The maximum Gasteiger partial charge on any atom is 0.178 e. The van der Waals surface area contributed by atoms with Crippen LogP contribution in [-0.4, -0.2) is 9.55 Å². The minimum Gasteiger partial charge on any atom is -0.331 e. The fourth-order valence-electron chi connectivity index (χ4n) is 3.13. The number of nitrogens with zero attached hydrogens (tertiary/aromatic N) is 1.